The van der Waals surface area contributed by atoms with Gasteiger partial charge in [0.05, 0.1) is 6.61 Å². The van der Waals surface area contributed by atoms with Crippen LogP contribution < -0.4 is 5.73 Å². The molecule has 0 fully saturated rings. The average molecular weight is 203 g/mol. The van der Waals surface area contributed by atoms with Gasteiger partial charge in [0.15, 0.2) is 0 Å². The molecule has 0 aliphatic carbocycles. The van der Waals surface area contributed by atoms with Crippen molar-refractivity contribution in [2.24, 2.45) is 5.73 Å². The Balaban J connectivity index is 3.39. The van der Waals surface area contributed by atoms with E-state index in [2.05, 4.69) is 30.9 Å². The molecule has 86 valence electrons. The summed E-state index contributed by atoms with van der Waals surface area (Å²) in [5.41, 5.74) is 5.84. The molecule has 1 atom stereocenters. The second kappa shape index (κ2) is 8.17. The van der Waals surface area contributed by atoms with Gasteiger partial charge in [-0.15, -0.1) is 0 Å². The molecule has 0 rings (SSSR count). The molecule has 1 unspecified atom stereocenters. The normalized spacial score (nSPS) is 13.9. The largest absolute Gasteiger partial charge is 0.383 e. The molecule has 2 N–H and O–H groups in total. The molecule has 0 aliphatic heterocycles. The van der Waals surface area contributed by atoms with Crippen LogP contribution in [0.1, 0.15) is 6.42 Å². The van der Waals surface area contributed by atoms with Gasteiger partial charge in [-0.3, -0.25) is 0 Å². The summed E-state index contributed by atoms with van der Waals surface area (Å²) in [7, 11) is 7.98. The lowest BCUT2D eigenvalue weighted by atomic mass is 10.3. The Hall–Kier alpha value is -0.160. The molecule has 0 heterocycles. The molecule has 0 saturated carbocycles. The van der Waals surface area contributed by atoms with Crippen molar-refractivity contribution in [3.8, 4) is 0 Å². The van der Waals surface area contributed by atoms with Gasteiger partial charge in [-0.1, -0.05) is 0 Å². The lowest BCUT2D eigenvalue weighted by Gasteiger charge is -2.21. The van der Waals surface area contributed by atoms with Gasteiger partial charge in [0.2, 0.25) is 0 Å². The Bertz CT molecular complexity index is 131. The summed E-state index contributed by atoms with van der Waals surface area (Å²) in [6.45, 7) is 3.76. The van der Waals surface area contributed by atoms with E-state index in [4.69, 9.17) is 10.5 Å². The van der Waals surface area contributed by atoms with E-state index in [1.807, 2.05) is 0 Å². The zero-order valence-electron chi connectivity index (χ0n) is 9.99. The van der Waals surface area contributed by atoms with Crippen LogP contribution in [0.25, 0.3) is 0 Å². The van der Waals surface area contributed by atoms with Crippen LogP contribution in [-0.4, -0.2) is 70.3 Å². The summed E-state index contributed by atoms with van der Waals surface area (Å²) >= 11 is 0. The molecule has 0 spiro atoms. The molecule has 0 radical (unpaired) electrons. The predicted octanol–water partition coefficient (Wildman–Crippen LogP) is -0.156. The number of ether oxygens (including phenoxy) is 1. The fraction of sp³-hybridized carbons (Fsp3) is 1.00. The van der Waals surface area contributed by atoms with Gasteiger partial charge in [-0.25, -0.2) is 0 Å². The highest BCUT2D eigenvalue weighted by Crippen LogP contribution is 1.91. The van der Waals surface area contributed by atoms with E-state index < -0.39 is 0 Å². The summed E-state index contributed by atoms with van der Waals surface area (Å²) in [5.74, 6) is 0. The first-order valence-corrected chi connectivity index (χ1v) is 5.14. The molecular formula is C10H25N3O. The van der Waals surface area contributed by atoms with Gasteiger partial charge < -0.3 is 20.3 Å². The van der Waals surface area contributed by atoms with Crippen molar-refractivity contribution >= 4 is 0 Å². The molecule has 0 amide bonds. The van der Waals surface area contributed by atoms with Crippen molar-refractivity contribution in [3.05, 3.63) is 0 Å². The molecular weight excluding hydrogens is 178 g/mol. The van der Waals surface area contributed by atoms with E-state index in [-0.39, 0.29) is 6.04 Å². The Kier molecular flexibility index (Phi) is 8.08. The van der Waals surface area contributed by atoms with Crippen molar-refractivity contribution in [2.75, 3.05) is 54.5 Å². The molecule has 0 saturated heterocycles. The Labute approximate surface area is 88.0 Å². The standard InChI is InChI=1S/C10H25N3O/c1-12(2)6-5-7-13(3)8-10(11)9-14-4/h10H,5-9,11H2,1-4H3. The Morgan fingerprint density at radius 1 is 1.21 bits per heavy atom. The number of nitrogens with zero attached hydrogens (tertiary/aromatic N) is 2. The third-order valence-electron chi connectivity index (χ3n) is 2.07. The van der Waals surface area contributed by atoms with Crippen molar-refractivity contribution in [1.82, 2.24) is 9.80 Å². The lowest BCUT2D eigenvalue weighted by molar-refractivity contribution is 0.160. The van der Waals surface area contributed by atoms with Crippen LogP contribution in [-0.2, 0) is 4.74 Å². The second-order valence-electron chi connectivity index (χ2n) is 4.13. The van der Waals surface area contributed by atoms with E-state index in [1.165, 1.54) is 6.42 Å². The van der Waals surface area contributed by atoms with Gasteiger partial charge in [0.1, 0.15) is 0 Å². The maximum absolute atomic E-state index is 5.84. The van der Waals surface area contributed by atoms with Crippen molar-refractivity contribution in [3.63, 3.8) is 0 Å². The van der Waals surface area contributed by atoms with Gasteiger partial charge in [0, 0.05) is 19.7 Å². The number of methoxy groups -OCH3 is 1. The number of rotatable bonds is 8. The predicted molar refractivity (Wildman–Crippen MR) is 60.5 cm³/mol. The number of hydrogen-bond acceptors (Lipinski definition) is 4. The lowest BCUT2D eigenvalue weighted by Crippen LogP contribution is -2.39. The maximum Gasteiger partial charge on any atom is 0.0626 e. The summed E-state index contributed by atoms with van der Waals surface area (Å²) in [4.78, 5) is 4.45. The van der Waals surface area contributed by atoms with Crippen LogP contribution in [0.2, 0.25) is 0 Å². The van der Waals surface area contributed by atoms with Crippen LogP contribution in [0.3, 0.4) is 0 Å². The molecule has 4 heteroatoms. The zero-order chi connectivity index (χ0) is 11.0. The fourth-order valence-corrected chi connectivity index (χ4v) is 1.42. The third kappa shape index (κ3) is 8.44. The summed E-state index contributed by atoms with van der Waals surface area (Å²) in [6, 6.07) is 0.129. The summed E-state index contributed by atoms with van der Waals surface area (Å²) in [6.07, 6.45) is 1.18. The summed E-state index contributed by atoms with van der Waals surface area (Å²) < 4.78 is 4.99. The van der Waals surface area contributed by atoms with Crippen LogP contribution in [0.5, 0.6) is 0 Å². The highest BCUT2D eigenvalue weighted by molar-refractivity contribution is 4.65. The Morgan fingerprint density at radius 2 is 1.86 bits per heavy atom. The minimum atomic E-state index is 0.129. The third-order valence-corrected chi connectivity index (χ3v) is 2.07. The van der Waals surface area contributed by atoms with Crippen LogP contribution in [0.15, 0.2) is 0 Å². The SMILES string of the molecule is COCC(N)CN(C)CCCN(C)C. The fourth-order valence-electron chi connectivity index (χ4n) is 1.42. The van der Waals surface area contributed by atoms with Gasteiger partial charge in [-0.05, 0) is 40.7 Å². The molecule has 0 aliphatic rings. The van der Waals surface area contributed by atoms with Crippen LogP contribution in [0.4, 0.5) is 0 Å². The molecule has 0 aromatic rings. The van der Waals surface area contributed by atoms with E-state index in [1.54, 1.807) is 7.11 Å². The first kappa shape index (κ1) is 13.8. The van der Waals surface area contributed by atoms with Crippen molar-refractivity contribution in [2.45, 2.75) is 12.5 Å². The number of hydrogen-bond donors (Lipinski definition) is 1. The van der Waals surface area contributed by atoms with Crippen molar-refractivity contribution < 1.29 is 4.74 Å². The van der Waals surface area contributed by atoms with Crippen LogP contribution >= 0.6 is 0 Å². The van der Waals surface area contributed by atoms with Gasteiger partial charge >= 0.3 is 0 Å². The molecule has 14 heavy (non-hydrogen) atoms. The van der Waals surface area contributed by atoms with Crippen LogP contribution in [0, 0.1) is 0 Å². The smallest absolute Gasteiger partial charge is 0.0626 e. The average Bonchev–Trinajstić information content (AvgIpc) is 2.03. The highest BCUT2D eigenvalue weighted by atomic mass is 16.5. The molecule has 0 bridgehead atoms. The quantitative estimate of drug-likeness (QED) is 0.595. The van der Waals surface area contributed by atoms with E-state index in [0.717, 1.165) is 19.6 Å². The molecule has 0 aromatic carbocycles. The van der Waals surface area contributed by atoms with E-state index >= 15 is 0 Å². The Morgan fingerprint density at radius 3 is 2.36 bits per heavy atom. The minimum Gasteiger partial charge on any atom is -0.383 e. The second-order valence-corrected chi connectivity index (χ2v) is 4.13. The minimum absolute atomic E-state index is 0.129. The van der Waals surface area contributed by atoms with Gasteiger partial charge in [-0.2, -0.15) is 0 Å². The first-order valence-electron chi connectivity index (χ1n) is 5.14. The summed E-state index contributed by atoms with van der Waals surface area (Å²) in [5, 5.41) is 0. The molecule has 4 nitrogen and oxygen atoms in total. The van der Waals surface area contributed by atoms with E-state index in [0.29, 0.717) is 6.61 Å². The molecule has 0 aromatic heterocycles. The maximum atomic E-state index is 5.84. The topological polar surface area (TPSA) is 41.7 Å². The van der Waals surface area contributed by atoms with E-state index in [9.17, 15) is 0 Å². The first-order chi connectivity index (χ1) is 6.56. The number of likely N-dealkylation sites (N-methyl/N-ethyl adjacent to an activating group) is 1. The number of nitrogens with two attached hydrogens (primary N) is 1. The van der Waals surface area contributed by atoms with Gasteiger partial charge in [0.25, 0.3) is 0 Å². The van der Waals surface area contributed by atoms with Crippen molar-refractivity contribution in [1.29, 1.82) is 0 Å². The highest BCUT2D eigenvalue weighted by Gasteiger charge is 2.05. The zero-order valence-corrected chi connectivity index (χ0v) is 9.99. The monoisotopic (exact) mass is 203 g/mol.